The number of nitrogens with zero attached hydrogens (tertiary/aromatic N) is 2. The number of ether oxygens (including phenoxy) is 1. The van der Waals surface area contributed by atoms with Crippen molar-refractivity contribution in [3.8, 4) is 0 Å². The van der Waals surface area contributed by atoms with E-state index < -0.39 is 18.2 Å². The summed E-state index contributed by atoms with van der Waals surface area (Å²) in [7, 11) is 0. The number of urea groups is 1. The molecule has 3 atom stereocenters. The van der Waals surface area contributed by atoms with Crippen molar-refractivity contribution in [3.63, 3.8) is 0 Å². The molecule has 2 saturated heterocycles. The molecule has 0 spiro atoms. The Hall–Kier alpha value is -1.87. The van der Waals surface area contributed by atoms with Crippen LogP contribution < -0.4 is 10.6 Å². The lowest BCUT2D eigenvalue weighted by Crippen LogP contribution is -2.48. The third kappa shape index (κ3) is 5.57. The number of anilines is 1. The van der Waals surface area contributed by atoms with Gasteiger partial charge in [0.25, 0.3) is 0 Å². The Morgan fingerprint density at radius 1 is 1.29 bits per heavy atom. The SMILES string of the molecule is CC(=O)N1CCCN(CC2OCC(NC(=O)Nc3cccc(Cl)c3)C2O)CC1. The highest BCUT2D eigenvalue weighted by Crippen LogP contribution is 2.18. The molecule has 0 bridgehead atoms. The Bertz CT molecular complexity index is 704. The molecule has 0 aliphatic carbocycles. The number of hydrogen-bond donors (Lipinski definition) is 3. The fraction of sp³-hybridized carbons (Fsp3) is 0.579. The number of carbonyl (C=O) groups excluding carboxylic acids is 2. The highest BCUT2D eigenvalue weighted by molar-refractivity contribution is 6.30. The van der Waals surface area contributed by atoms with Crippen LogP contribution in [0.25, 0.3) is 0 Å². The van der Waals surface area contributed by atoms with Crippen LogP contribution in [0.1, 0.15) is 13.3 Å². The van der Waals surface area contributed by atoms with Gasteiger partial charge < -0.3 is 25.4 Å². The van der Waals surface area contributed by atoms with Gasteiger partial charge in [-0.1, -0.05) is 17.7 Å². The lowest BCUT2D eigenvalue weighted by atomic mass is 10.1. The minimum Gasteiger partial charge on any atom is -0.388 e. The Balaban J connectivity index is 1.47. The zero-order chi connectivity index (χ0) is 20.1. The Kier molecular flexibility index (Phi) is 7.12. The lowest BCUT2D eigenvalue weighted by Gasteiger charge is -2.26. The summed E-state index contributed by atoms with van der Waals surface area (Å²) in [5, 5.41) is 16.6. The predicted octanol–water partition coefficient (Wildman–Crippen LogP) is 1.14. The predicted molar refractivity (Wildman–Crippen MR) is 106 cm³/mol. The van der Waals surface area contributed by atoms with Gasteiger partial charge in [0.05, 0.1) is 18.8 Å². The first-order valence-electron chi connectivity index (χ1n) is 9.53. The zero-order valence-corrected chi connectivity index (χ0v) is 16.7. The molecular formula is C19H27ClN4O4. The van der Waals surface area contributed by atoms with Crippen LogP contribution in [-0.2, 0) is 9.53 Å². The van der Waals surface area contributed by atoms with E-state index in [-0.39, 0.29) is 18.6 Å². The van der Waals surface area contributed by atoms with Crippen LogP contribution in [0, 0.1) is 0 Å². The topological polar surface area (TPSA) is 94.1 Å². The van der Waals surface area contributed by atoms with Crippen molar-refractivity contribution in [1.29, 1.82) is 0 Å². The van der Waals surface area contributed by atoms with Crippen LogP contribution in [0.15, 0.2) is 24.3 Å². The van der Waals surface area contributed by atoms with Gasteiger partial charge in [0.1, 0.15) is 6.10 Å². The van der Waals surface area contributed by atoms with Gasteiger partial charge >= 0.3 is 6.03 Å². The molecule has 0 saturated carbocycles. The van der Waals surface area contributed by atoms with E-state index in [0.717, 1.165) is 26.1 Å². The van der Waals surface area contributed by atoms with E-state index >= 15 is 0 Å². The number of aliphatic hydroxyl groups is 1. The first-order valence-corrected chi connectivity index (χ1v) is 9.91. The minimum atomic E-state index is -0.794. The number of carbonyl (C=O) groups is 2. The average molecular weight is 411 g/mol. The van der Waals surface area contributed by atoms with Crippen LogP contribution in [0.3, 0.4) is 0 Å². The molecule has 2 aliphatic heterocycles. The number of amides is 3. The maximum absolute atomic E-state index is 12.2. The second-order valence-corrected chi connectivity index (χ2v) is 7.67. The summed E-state index contributed by atoms with van der Waals surface area (Å²) >= 11 is 5.91. The molecule has 2 heterocycles. The van der Waals surface area contributed by atoms with Crippen molar-refractivity contribution in [2.75, 3.05) is 44.6 Å². The summed E-state index contributed by atoms with van der Waals surface area (Å²) in [5.41, 5.74) is 0.578. The van der Waals surface area contributed by atoms with Crippen molar-refractivity contribution in [2.45, 2.75) is 31.6 Å². The van der Waals surface area contributed by atoms with Crippen molar-refractivity contribution in [3.05, 3.63) is 29.3 Å². The fourth-order valence-corrected chi connectivity index (χ4v) is 3.79. The molecule has 2 aliphatic rings. The van der Waals surface area contributed by atoms with Gasteiger partial charge in [-0.15, -0.1) is 0 Å². The Morgan fingerprint density at radius 3 is 2.86 bits per heavy atom. The van der Waals surface area contributed by atoms with Gasteiger partial charge in [-0.3, -0.25) is 9.69 Å². The molecule has 9 heteroatoms. The van der Waals surface area contributed by atoms with Gasteiger partial charge in [0, 0.05) is 43.8 Å². The largest absolute Gasteiger partial charge is 0.388 e. The van der Waals surface area contributed by atoms with E-state index in [1.165, 1.54) is 0 Å². The van der Waals surface area contributed by atoms with Crippen LogP contribution in [0.4, 0.5) is 10.5 Å². The summed E-state index contributed by atoms with van der Waals surface area (Å²) in [5.74, 6) is 0.0916. The molecule has 3 N–H and O–H groups in total. The fourth-order valence-electron chi connectivity index (χ4n) is 3.60. The van der Waals surface area contributed by atoms with Gasteiger partial charge in [-0.2, -0.15) is 0 Å². The smallest absolute Gasteiger partial charge is 0.319 e. The first-order chi connectivity index (χ1) is 13.4. The summed E-state index contributed by atoms with van der Waals surface area (Å²) < 4.78 is 5.73. The van der Waals surface area contributed by atoms with Gasteiger partial charge in [-0.05, 0) is 31.2 Å². The Morgan fingerprint density at radius 2 is 2.11 bits per heavy atom. The molecule has 2 fully saturated rings. The number of benzene rings is 1. The van der Waals surface area contributed by atoms with Crippen molar-refractivity contribution >= 4 is 29.2 Å². The molecular weight excluding hydrogens is 384 g/mol. The summed E-state index contributed by atoms with van der Waals surface area (Å²) in [6, 6.07) is 5.96. The van der Waals surface area contributed by atoms with Crippen LogP contribution in [0.2, 0.25) is 5.02 Å². The van der Waals surface area contributed by atoms with Crippen LogP contribution >= 0.6 is 11.6 Å². The molecule has 8 nitrogen and oxygen atoms in total. The van der Waals surface area contributed by atoms with E-state index in [1.54, 1.807) is 31.2 Å². The molecule has 3 unspecified atom stereocenters. The van der Waals surface area contributed by atoms with E-state index in [9.17, 15) is 14.7 Å². The highest BCUT2D eigenvalue weighted by atomic mass is 35.5. The number of hydrogen-bond acceptors (Lipinski definition) is 5. The second-order valence-electron chi connectivity index (χ2n) is 7.24. The van der Waals surface area contributed by atoms with Gasteiger partial charge in [-0.25, -0.2) is 4.79 Å². The monoisotopic (exact) mass is 410 g/mol. The minimum absolute atomic E-state index is 0.0916. The van der Waals surface area contributed by atoms with E-state index in [0.29, 0.717) is 23.8 Å². The zero-order valence-electron chi connectivity index (χ0n) is 15.9. The molecule has 3 amide bonds. The maximum Gasteiger partial charge on any atom is 0.319 e. The van der Waals surface area contributed by atoms with Crippen molar-refractivity contribution < 1.29 is 19.4 Å². The summed E-state index contributed by atoms with van der Waals surface area (Å²) in [4.78, 5) is 27.8. The highest BCUT2D eigenvalue weighted by Gasteiger charge is 2.38. The molecule has 1 aromatic rings. The second kappa shape index (κ2) is 9.56. The van der Waals surface area contributed by atoms with E-state index in [1.807, 2.05) is 4.90 Å². The standard InChI is InChI=1S/C19H27ClN4O4/c1-13(25)24-7-3-6-23(8-9-24)11-17-18(26)16(12-28-17)22-19(27)21-15-5-2-4-14(20)10-15/h2,4-5,10,16-18,26H,3,6-9,11-12H2,1H3,(H2,21,22,27). The third-order valence-electron chi connectivity index (χ3n) is 5.15. The molecule has 28 heavy (non-hydrogen) atoms. The average Bonchev–Trinajstić information content (AvgIpc) is 2.84. The molecule has 1 aromatic carbocycles. The van der Waals surface area contributed by atoms with Gasteiger partial charge in [0.15, 0.2) is 0 Å². The van der Waals surface area contributed by atoms with Gasteiger partial charge in [0.2, 0.25) is 5.91 Å². The molecule has 0 radical (unpaired) electrons. The number of nitrogens with one attached hydrogen (secondary N) is 2. The number of rotatable bonds is 4. The number of halogens is 1. The summed E-state index contributed by atoms with van der Waals surface area (Å²) in [6.07, 6.45) is -0.274. The first kappa shape index (κ1) is 20.9. The molecule has 3 rings (SSSR count). The quantitative estimate of drug-likeness (QED) is 0.692. The third-order valence-corrected chi connectivity index (χ3v) is 5.39. The van der Waals surface area contributed by atoms with Crippen LogP contribution in [-0.4, -0.2) is 84.4 Å². The van der Waals surface area contributed by atoms with E-state index in [2.05, 4.69) is 15.5 Å². The van der Waals surface area contributed by atoms with Crippen molar-refractivity contribution in [2.24, 2.45) is 0 Å². The summed E-state index contributed by atoms with van der Waals surface area (Å²) in [6.45, 7) is 5.45. The van der Waals surface area contributed by atoms with Crippen LogP contribution in [0.5, 0.6) is 0 Å². The van der Waals surface area contributed by atoms with E-state index in [4.69, 9.17) is 16.3 Å². The lowest BCUT2D eigenvalue weighted by molar-refractivity contribution is -0.128. The number of aliphatic hydroxyl groups excluding tert-OH is 1. The molecule has 0 aromatic heterocycles. The Labute approximate surface area is 169 Å². The maximum atomic E-state index is 12.2. The van der Waals surface area contributed by atoms with Crippen molar-refractivity contribution in [1.82, 2.24) is 15.1 Å². The molecule has 154 valence electrons. The normalized spacial score (nSPS) is 26.0.